The highest BCUT2D eigenvalue weighted by Crippen LogP contribution is 2.36. The number of benzene rings is 3. The molecule has 0 aliphatic rings. The summed E-state index contributed by atoms with van der Waals surface area (Å²) >= 11 is 0. The number of carbonyl (C=O) groups is 2. The van der Waals surface area contributed by atoms with Crippen LogP contribution in [0.5, 0.6) is 0 Å². The van der Waals surface area contributed by atoms with E-state index in [1.54, 1.807) is 18.2 Å². The molecular formula is C30H31FN2O3. The van der Waals surface area contributed by atoms with Crippen molar-refractivity contribution < 1.29 is 18.4 Å². The van der Waals surface area contributed by atoms with Crippen molar-refractivity contribution in [3.8, 4) is 22.5 Å². The highest BCUT2D eigenvalue weighted by molar-refractivity contribution is 6.12. The van der Waals surface area contributed by atoms with Gasteiger partial charge in [0.05, 0.1) is 5.56 Å². The van der Waals surface area contributed by atoms with E-state index in [1.807, 2.05) is 50.2 Å². The van der Waals surface area contributed by atoms with E-state index in [9.17, 15) is 14.0 Å². The van der Waals surface area contributed by atoms with Gasteiger partial charge in [0.2, 0.25) is 0 Å². The van der Waals surface area contributed by atoms with Gasteiger partial charge in [-0.2, -0.15) is 0 Å². The quantitative estimate of drug-likeness (QED) is 0.251. The predicted molar refractivity (Wildman–Crippen MR) is 142 cm³/mol. The fraction of sp³-hybridized carbons (Fsp3) is 0.267. The molecule has 4 aromatic rings. The van der Waals surface area contributed by atoms with Crippen LogP contribution in [-0.2, 0) is 0 Å². The molecule has 5 nitrogen and oxygen atoms in total. The monoisotopic (exact) mass is 486 g/mol. The molecule has 186 valence electrons. The maximum atomic E-state index is 13.6. The number of nitrogens with one attached hydrogen (secondary N) is 2. The van der Waals surface area contributed by atoms with Crippen LogP contribution in [0.1, 0.15) is 60.7 Å². The second-order valence-corrected chi connectivity index (χ2v) is 9.00. The summed E-state index contributed by atoms with van der Waals surface area (Å²) in [5.41, 5.74) is 3.89. The van der Waals surface area contributed by atoms with E-state index in [0.717, 1.165) is 30.4 Å². The topological polar surface area (TPSA) is 71.3 Å². The molecule has 2 amide bonds. The Bertz CT molecular complexity index is 1370. The van der Waals surface area contributed by atoms with Gasteiger partial charge in [-0.1, -0.05) is 38.5 Å². The Hall–Kier alpha value is -3.93. The molecule has 1 heterocycles. The maximum absolute atomic E-state index is 13.6. The largest absolute Gasteiger partial charge is 0.455 e. The second kappa shape index (κ2) is 11.2. The molecule has 0 saturated carbocycles. The van der Waals surface area contributed by atoms with E-state index in [4.69, 9.17) is 4.42 Å². The number of amides is 2. The molecule has 0 radical (unpaired) electrons. The summed E-state index contributed by atoms with van der Waals surface area (Å²) in [6.45, 7) is 6.61. The molecule has 2 N–H and O–H groups in total. The number of unbranched alkanes of at least 4 members (excludes halogenated alkanes) is 1. The van der Waals surface area contributed by atoms with Crippen LogP contribution >= 0.6 is 0 Å². The third-order valence-electron chi connectivity index (χ3n) is 6.29. The predicted octanol–water partition coefficient (Wildman–Crippen LogP) is 6.96. The lowest BCUT2D eigenvalue weighted by Crippen LogP contribution is -2.31. The molecule has 4 rings (SSSR count). The minimum atomic E-state index is -0.358. The summed E-state index contributed by atoms with van der Waals surface area (Å²) in [6, 6.07) is 19.1. The Kier molecular flexibility index (Phi) is 7.84. The van der Waals surface area contributed by atoms with Gasteiger partial charge in [-0.05, 0) is 79.4 Å². The van der Waals surface area contributed by atoms with Gasteiger partial charge in [0, 0.05) is 29.1 Å². The summed E-state index contributed by atoms with van der Waals surface area (Å²) in [5.74, 6) is -0.313. The van der Waals surface area contributed by atoms with Crippen molar-refractivity contribution in [1.82, 2.24) is 10.6 Å². The zero-order chi connectivity index (χ0) is 25.7. The lowest BCUT2D eigenvalue weighted by molar-refractivity contribution is 0.0935. The Morgan fingerprint density at radius 2 is 1.64 bits per heavy atom. The average Bonchev–Trinajstić information content (AvgIpc) is 3.28. The molecule has 0 saturated heterocycles. The summed E-state index contributed by atoms with van der Waals surface area (Å²) in [6.07, 6.45) is 2.68. The number of fused-ring (bicyclic) bond motifs is 1. The van der Waals surface area contributed by atoms with Crippen molar-refractivity contribution in [2.24, 2.45) is 0 Å². The first-order chi connectivity index (χ1) is 17.4. The molecule has 1 aromatic heterocycles. The van der Waals surface area contributed by atoms with Gasteiger partial charge >= 0.3 is 0 Å². The van der Waals surface area contributed by atoms with Crippen LogP contribution in [0.2, 0.25) is 0 Å². The van der Waals surface area contributed by atoms with Gasteiger partial charge in [0.25, 0.3) is 11.8 Å². The summed E-state index contributed by atoms with van der Waals surface area (Å²) < 4.78 is 19.7. The van der Waals surface area contributed by atoms with E-state index in [0.29, 0.717) is 40.0 Å². The van der Waals surface area contributed by atoms with Gasteiger partial charge in [-0.15, -0.1) is 0 Å². The molecule has 3 aromatic carbocycles. The van der Waals surface area contributed by atoms with E-state index in [2.05, 4.69) is 17.6 Å². The van der Waals surface area contributed by atoms with Crippen molar-refractivity contribution >= 4 is 22.8 Å². The van der Waals surface area contributed by atoms with E-state index < -0.39 is 0 Å². The third-order valence-corrected chi connectivity index (χ3v) is 6.29. The number of hydrogen-bond donors (Lipinski definition) is 2. The van der Waals surface area contributed by atoms with Gasteiger partial charge in [-0.25, -0.2) is 4.39 Å². The summed E-state index contributed by atoms with van der Waals surface area (Å²) in [7, 11) is 0. The SMILES string of the molecule is CCCCNC(=O)c1c(-c2ccc(F)cc2)oc2ccc(-c3cccc(C(=O)NC(C)CC)c3)cc12. The molecule has 1 unspecified atom stereocenters. The van der Waals surface area contributed by atoms with Crippen molar-refractivity contribution in [3.63, 3.8) is 0 Å². The molecule has 1 atom stereocenters. The van der Waals surface area contributed by atoms with Gasteiger partial charge in [-0.3, -0.25) is 9.59 Å². The van der Waals surface area contributed by atoms with E-state index >= 15 is 0 Å². The Morgan fingerprint density at radius 1 is 0.917 bits per heavy atom. The van der Waals surface area contributed by atoms with Crippen LogP contribution in [-0.4, -0.2) is 24.4 Å². The Morgan fingerprint density at radius 3 is 2.36 bits per heavy atom. The van der Waals surface area contributed by atoms with Gasteiger partial charge in [0.15, 0.2) is 0 Å². The van der Waals surface area contributed by atoms with Crippen molar-refractivity contribution in [3.05, 3.63) is 83.7 Å². The zero-order valence-electron chi connectivity index (χ0n) is 20.9. The maximum Gasteiger partial charge on any atom is 0.255 e. The lowest BCUT2D eigenvalue weighted by Gasteiger charge is -2.12. The van der Waals surface area contributed by atoms with Gasteiger partial charge < -0.3 is 15.1 Å². The molecule has 0 aliphatic heterocycles. The molecular weight excluding hydrogens is 455 g/mol. The molecule has 0 aliphatic carbocycles. The normalized spacial score (nSPS) is 11.9. The fourth-order valence-electron chi connectivity index (χ4n) is 4.02. The third kappa shape index (κ3) is 5.48. The first-order valence-corrected chi connectivity index (χ1v) is 12.4. The minimum absolute atomic E-state index is 0.0853. The zero-order valence-corrected chi connectivity index (χ0v) is 20.9. The van der Waals surface area contributed by atoms with Gasteiger partial charge in [0.1, 0.15) is 17.2 Å². The first kappa shape index (κ1) is 25.2. The highest BCUT2D eigenvalue weighted by atomic mass is 19.1. The molecule has 0 fully saturated rings. The van der Waals surface area contributed by atoms with Crippen molar-refractivity contribution in [1.29, 1.82) is 0 Å². The van der Waals surface area contributed by atoms with Crippen LogP contribution in [0.3, 0.4) is 0 Å². The number of hydrogen-bond acceptors (Lipinski definition) is 3. The first-order valence-electron chi connectivity index (χ1n) is 12.4. The average molecular weight is 487 g/mol. The number of rotatable bonds is 9. The Balaban J connectivity index is 1.78. The van der Waals surface area contributed by atoms with E-state index in [1.165, 1.54) is 12.1 Å². The smallest absolute Gasteiger partial charge is 0.255 e. The van der Waals surface area contributed by atoms with Crippen molar-refractivity contribution in [2.45, 2.75) is 46.1 Å². The van der Waals surface area contributed by atoms with Crippen LogP contribution in [0, 0.1) is 5.82 Å². The number of halogens is 1. The Labute approximate surface area is 210 Å². The van der Waals surface area contributed by atoms with Crippen LogP contribution in [0.25, 0.3) is 33.4 Å². The molecule has 6 heteroatoms. The molecule has 36 heavy (non-hydrogen) atoms. The lowest BCUT2D eigenvalue weighted by atomic mass is 9.98. The summed E-state index contributed by atoms with van der Waals surface area (Å²) in [4.78, 5) is 25.9. The number of furan rings is 1. The number of carbonyl (C=O) groups excluding carboxylic acids is 2. The highest BCUT2D eigenvalue weighted by Gasteiger charge is 2.23. The van der Waals surface area contributed by atoms with Crippen LogP contribution < -0.4 is 10.6 Å². The van der Waals surface area contributed by atoms with E-state index in [-0.39, 0.29) is 23.7 Å². The standard InChI is InChI=1S/C30H31FN2O3/c1-4-6-16-32-30(35)27-25-18-22(21-8-7-9-23(17-21)29(34)33-19(3)5-2)12-15-26(25)36-28(27)20-10-13-24(31)14-11-20/h7-15,17-19H,4-6,16H2,1-3H3,(H,32,35)(H,33,34). The fourth-order valence-corrected chi connectivity index (χ4v) is 4.02. The molecule has 0 bridgehead atoms. The summed E-state index contributed by atoms with van der Waals surface area (Å²) in [5, 5.41) is 6.64. The van der Waals surface area contributed by atoms with Crippen molar-refractivity contribution in [2.75, 3.05) is 6.54 Å². The molecule has 0 spiro atoms. The van der Waals surface area contributed by atoms with Crippen LogP contribution in [0.4, 0.5) is 4.39 Å². The second-order valence-electron chi connectivity index (χ2n) is 9.00. The minimum Gasteiger partial charge on any atom is -0.455 e. The van der Waals surface area contributed by atoms with Crippen LogP contribution in [0.15, 0.2) is 71.1 Å².